The van der Waals surface area contributed by atoms with Gasteiger partial charge in [0, 0.05) is 20.0 Å². The standard InChI is InChI=1S/C15H19N3O3/c1-11(9-16)10-18(2)15(21)17-13(14(19)20)8-12-6-4-3-5-7-12/h3-7,11,13H,8,10H2,1-2H3,(H,17,21)(H,19,20)/t11?,13-/m1/s1. The van der Waals surface area contributed by atoms with E-state index >= 15 is 0 Å². The average Bonchev–Trinajstić information content (AvgIpc) is 2.47. The summed E-state index contributed by atoms with van der Waals surface area (Å²) in [6, 6.07) is 9.62. The molecule has 1 unspecified atom stereocenters. The van der Waals surface area contributed by atoms with Gasteiger partial charge in [0.1, 0.15) is 6.04 Å². The maximum absolute atomic E-state index is 11.9. The second kappa shape index (κ2) is 7.90. The van der Waals surface area contributed by atoms with Crippen molar-refractivity contribution in [1.82, 2.24) is 10.2 Å². The van der Waals surface area contributed by atoms with E-state index in [0.717, 1.165) is 5.56 Å². The minimum atomic E-state index is -1.09. The lowest BCUT2D eigenvalue weighted by Gasteiger charge is -2.22. The fraction of sp³-hybridized carbons (Fsp3) is 0.400. The molecule has 112 valence electrons. The van der Waals surface area contributed by atoms with Crippen LogP contribution in [0.2, 0.25) is 0 Å². The number of urea groups is 1. The topological polar surface area (TPSA) is 93.4 Å². The predicted octanol–water partition coefficient (Wildman–Crippen LogP) is 1.48. The van der Waals surface area contributed by atoms with Gasteiger partial charge in [0.05, 0.1) is 12.0 Å². The maximum atomic E-state index is 11.9. The van der Waals surface area contributed by atoms with Crippen molar-refractivity contribution in [2.24, 2.45) is 5.92 Å². The number of hydrogen-bond donors (Lipinski definition) is 2. The van der Waals surface area contributed by atoms with Crippen LogP contribution in [0.15, 0.2) is 30.3 Å². The van der Waals surface area contributed by atoms with E-state index in [0.29, 0.717) is 0 Å². The smallest absolute Gasteiger partial charge is 0.326 e. The summed E-state index contributed by atoms with van der Waals surface area (Å²) in [5, 5.41) is 20.4. The Balaban J connectivity index is 2.64. The van der Waals surface area contributed by atoms with Gasteiger partial charge >= 0.3 is 12.0 Å². The molecule has 1 aromatic carbocycles. The van der Waals surface area contributed by atoms with Crippen molar-refractivity contribution in [3.63, 3.8) is 0 Å². The van der Waals surface area contributed by atoms with Crippen LogP contribution in [0.4, 0.5) is 4.79 Å². The molecule has 0 bridgehead atoms. The molecule has 1 aromatic rings. The van der Waals surface area contributed by atoms with Gasteiger partial charge in [0.2, 0.25) is 0 Å². The molecule has 0 heterocycles. The third-order valence-corrected chi connectivity index (χ3v) is 2.99. The maximum Gasteiger partial charge on any atom is 0.326 e. The number of aliphatic carboxylic acids is 1. The number of amides is 2. The second-order valence-electron chi connectivity index (χ2n) is 4.94. The average molecular weight is 289 g/mol. The van der Waals surface area contributed by atoms with Gasteiger partial charge < -0.3 is 15.3 Å². The van der Waals surface area contributed by atoms with Crippen LogP contribution in [0.5, 0.6) is 0 Å². The van der Waals surface area contributed by atoms with Crippen LogP contribution in [0.25, 0.3) is 0 Å². The van der Waals surface area contributed by atoms with Gasteiger partial charge in [-0.3, -0.25) is 0 Å². The summed E-state index contributed by atoms with van der Waals surface area (Å²) >= 11 is 0. The van der Waals surface area contributed by atoms with Crippen LogP contribution in [0, 0.1) is 17.2 Å². The SMILES string of the molecule is CC(C#N)CN(C)C(=O)N[C@H](Cc1ccccc1)C(=O)O. The van der Waals surface area contributed by atoms with Gasteiger partial charge in [0.15, 0.2) is 0 Å². The Bertz CT molecular complexity index is 525. The first-order valence-electron chi connectivity index (χ1n) is 6.62. The molecule has 1 rings (SSSR count). The highest BCUT2D eigenvalue weighted by molar-refractivity contribution is 5.82. The number of carboxylic acids is 1. The van der Waals surface area contributed by atoms with E-state index in [9.17, 15) is 14.7 Å². The van der Waals surface area contributed by atoms with Gasteiger partial charge in [-0.25, -0.2) is 9.59 Å². The van der Waals surface area contributed by atoms with Gasteiger partial charge in [-0.2, -0.15) is 5.26 Å². The molecule has 0 spiro atoms. The Kier molecular flexibility index (Phi) is 6.21. The number of nitrogens with zero attached hydrogens (tertiary/aromatic N) is 2. The van der Waals surface area contributed by atoms with Crippen molar-refractivity contribution in [2.45, 2.75) is 19.4 Å². The minimum Gasteiger partial charge on any atom is -0.480 e. The lowest BCUT2D eigenvalue weighted by atomic mass is 10.1. The summed E-state index contributed by atoms with van der Waals surface area (Å²) in [6.45, 7) is 1.95. The Morgan fingerprint density at radius 1 is 1.38 bits per heavy atom. The van der Waals surface area contributed by atoms with Crippen molar-refractivity contribution < 1.29 is 14.7 Å². The summed E-state index contributed by atoms with van der Waals surface area (Å²) in [5.41, 5.74) is 0.832. The van der Waals surface area contributed by atoms with Crippen molar-refractivity contribution in [3.8, 4) is 6.07 Å². The van der Waals surface area contributed by atoms with E-state index in [1.54, 1.807) is 6.92 Å². The monoisotopic (exact) mass is 289 g/mol. The molecular weight excluding hydrogens is 270 g/mol. The number of carbonyl (C=O) groups excluding carboxylic acids is 1. The van der Waals surface area contributed by atoms with E-state index in [4.69, 9.17) is 5.26 Å². The zero-order valence-corrected chi connectivity index (χ0v) is 12.1. The van der Waals surface area contributed by atoms with Crippen molar-refractivity contribution in [2.75, 3.05) is 13.6 Å². The molecule has 0 aliphatic carbocycles. The van der Waals surface area contributed by atoms with Crippen LogP contribution in [0.1, 0.15) is 12.5 Å². The van der Waals surface area contributed by atoms with E-state index in [1.165, 1.54) is 11.9 Å². The molecule has 2 atom stereocenters. The first-order chi connectivity index (χ1) is 9.93. The molecular formula is C15H19N3O3. The third-order valence-electron chi connectivity index (χ3n) is 2.99. The van der Waals surface area contributed by atoms with Crippen LogP contribution < -0.4 is 5.32 Å². The zero-order chi connectivity index (χ0) is 15.8. The Morgan fingerprint density at radius 2 is 2.00 bits per heavy atom. The lowest BCUT2D eigenvalue weighted by molar-refractivity contribution is -0.139. The molecule has 2 amide bonds. The first kappa shape index (κ1) is 16.5. The Hall–Kier alpha value is -2.55. The molecule has 6 heteroatoms. The zero-order valence-electron chi connectivity index (χ0n) is 12.1. The van der Waals surface area contributed by atoms with Crippen molar-refractivity contribution >= 4 is 12.0 Å². The van der Waals surface area contributed by atoms with Crippen LogP contribution in [0.3, 0.4) is 0 Å². The van der Waals surface area contributed by atoms with E-state index in [-0.39, 0.29) is 18.9 Å². The largest absolute Gasteiger partial charge is 0.480 e. The molecule has 21 heavy (non-hydrogen) atoms. The summed E-state index contributed by atoms with van der Waals surface area (Å²) in [5.74, 6) is -1.40. The highest BCUT2D eigenvalue weighted by atomic mass is 16.4. The Morgan fingerprint density at radius 3 is 2.52 bits per heavy atom. The fourth-order valence-electron chi connectivity index (χ4n) is 1.84. The van der Waals surface area contributed by atoms with Crippen molar-refractivity contribution in [3.05, 3.63) is 35.9 Å². The van der Waals surface area contributed by atoms with Crippen molar-refractivity contribution in [1.29, 1.82) is 5.26 Å². The second-order valence-corrected chi connectivity index (χ2v) is 4.94. The number of rotatable bonds is 6. The summed E-state index contributed by atoms with van der Waals surface area (Å²) in [7, 11) is 1.53. The Labute approximate surface area is 124 Å². The molecule has 2 N–H and O–H groups in total. The molecule has 0 saturated heterocycles. The number of nitriles is 1. The summed E-state index contributed by atoms with van der Waals surface area (Å²) in [4.78, 5) is 24.5. The van der Waals surface area contributed by atoms with Gasteiger partial charge in [-0.1, -0.05) is 30.3 Å². The highest BCUT2D eigenvalue weighted by Crippen LogP contribution is 2.04. The lowest BCUT2D eigenvalue weighted by Crippen LogP contribution is -2.48. The van der Waals surface area contributed by atoms with Gasteiger partial charge in [0.25, 0.3) is 0 Å². The highest BCUT2D eigenvalue weighted by Gasteiger charge is 2.22. The number of carboxylic acid groups (broad SMARTS) is 1. The number of nitrogens with one attached hydrogen (secondary N) is 1. The molecule has 0 fully saturated rings. The van der Waals surface area contributed by atoms with E-state index in [2.05, 4.69) is 5.32 Å². The molecule has 0 aromatic heterocycles. The first-order valence-corrected chi connectivity index (χ1v) is 6.62. The summed E-state index contributed by atoms with van der Waals surface area (Å²) < 4.78 is 0. The van der Waals surface area contributed by atoms with E-state index in [1.807, 2.05) is 36.4 Å². The fourth-order valence-corrected chi connectivity index (χ4v) is 1.84. The van der Waals surface area contributed by atoms with Crippen LogP contribution >= 0.6 is 0 Å². The number of hydrogen-bond acceptors (Lipinski definition) is 3. The van der Waals surface area contributed by atoms with Crippen LogP contribution in [-0.4, -0.2) is 41.6 Å². The molecule has 6 nitrogen and oxygen atoms in total. The van der Waals surface area contributed by atoms with E-state index < -0.39 is 18.0 Å². The molecule has 0 saturated carbocycles. The molecule has 0 radical (unpaired) electrons. The summed E-state index contributed by atoms with van der Waals surface area (Å²) in [6.07, 6.45) is 0.212. The minimum absolute atomic E-state index is 0.212. The number of benzene rings is 1. The molecule has 0 aliphatic rings. The predicted molar refractivity (Wildman–Crippen MR) is 77.5 cm³/mol. The molecule has 0 aliphatic heterocycles. The quantitative estimate of drug-likeness (QED) is 0.829. The number of carbonyl (C=O) groups is 2. The third kappa shape index (κ3) is 5.53. The van der Waals surface area contributed by atoms with Gasteiger partial charge in [-0.15, -0.1) is 0 Å². The van der Waals surface area contributed by atoms with Gasteiger partial charge in [-0.05, 0) is 12.5 Å². The van der Waals surface area contributed by atoms with Crippen LogP contribution in [-0.2, 0) is 11.2 Å². The normalized spacial score (nSPS) is 12.8.